The molecule has 124 valence electrons. The number of allylic oxidation sites excluding steroid dienone is 2. The molecule has 1 aromatic carbocycles. The number of halogens is 1. The van der Waals surface area contributed by atoms with E-state index >= 15 is 0 Å². The van der Waals surface area contributed by atoms with E-state index < -0.39 is 0 Å². The first kappa shape index (κ1) is 15.7. The smallest absolute Gasteiger partial charge is 0.349 e. The van der Waals surface area contributed by atoms with E-state index in [-0.39, 0.29) is 12.0 Å². The van der Waals surface area contributed by atoms with Crippen LogP contribution >= 0.6 is 22.9 Å². The van der Waals surface area contributed by atoms with Gasteiger partial charge in [0.05, 0.1) is 18.8 Å². The van der Waals surface area contributed by atoms with Gasteiger partial charge < -0.3 is 10.1 Å². The molecule has 2 aliphatic rings. The minimum Gasteiger partial charge on any atom is -0.462 e. The lowest BCUT2D eigenvalue weighted by Gasteiger charge is -2.36. The first-order valence-electron chi connectivity index (χ1n) is 8.03. The molecule has 1 aliphatic heterocycles. The summed E-state index contributed by atoms with van der Waals surface area (Å²) in [5.41, 5.74) is 2.32. The van der Waals surface area contributed by atoms with Crippen LogP contribution in [0.5, 0.6) is 0 Å². The molecule has 0 spiro atoms. The van der Waals surface area contributed by atoms with Crippen molar-refractivity contribution in [2.75, 3.05) is 11.9 Å². The maximum Gasteiger partial charge on any atom is 0.349 e. The van der Waals surface area contributed by atoms with Gasteiger partial charge in [-0.15, -0.1) is 11.3 Å². The van der Waals surface area contributed by atoms with Crippen LogP contribution in [0.25, 0.3) is 0 Å². The number of nitrogens with one attached hydrogen (secondary N) is 1. The van der Waals surface area contributed by atoms with Crippen molar-refractivity contribution in [2.45, 2.75) is 25.3 Å². The van der Waals surface area contributed by atoms with E-state index in [0.29, 0.717) is 23.3 Å². The number of carbonyl (C=O) groups is 1. The van der Waals surface area contributed by atoms with Crippen LogP contribution in [0.2, 0.25) is 5.02 Å². The number of hydrogen-bond donors (Lipinski definition) is 1. The average molecular weight is 361 g/mol. The highest BCUT2D eigenvalue weighted by molar-refractivity contribution is 7.13. The Kier molecular flexibility index (Phi) is 4.06. The molecule has 2 aromatic rings. The predicted molar refractivity (Wildman–Crippen MR) is 95.9 cm³/mol. The van der Waals surface area contributed by atoms with Crippen molar-refractivity contribution >= 4 is 34.6 Å². The Morgan fingerprint density at radius 2 is 2.38 bits per heavy atom. The number of thiazole rings is 1. The second-order valence-electron chi connectivity index (χ2n) is 5.99. The molecular weight excluding hydrogens is 344 g/mol. The summed E-state index contributed by atoms with van der Waals surface area (Å²) in [4.78, 5) is 17.0. The third-order valence-electron chi connectivity index (χ3n) is 4.59. The molecule has 6 heteroatoms. The maximum absolute atomic E-state index is 11.9. The zero-order valence-corrected chi connectivity index (χ0v) is 14.7. The number of benzene rings is 1. The summed E-state index contributed by atoms with van der Waals surface area (Å²) < 4.78 is 5.07. The highest BCUT2D eigenvalue weighted by Crippen LogP contribution is 2.50. The lowest BCUT2D eigenvalue weighted by molar-refractivity contribution is 0.0532. The second kappa shape index (κ2) is 6.22. The number of hydrogen-bond acceptors (Lipinski definition) is 5. The van der Waals surface area contributed by atoms with Crippen LogP contribution in [0, 0.1) is 5.92 Å². The van der Waals surface area contributed by atoms with Gasteiger partial charge in [-0.05, 0) is 43.0 Å². The van der Waals surface area contributed by atoms with E-state index in [9.17, 15) is 4.79 Å². The predicted octanol–water partition coefficient (Wildman–Crippen LogP) is 4.80. The number of aromatic nitrogens is 1. The first-order valence-corrected chi connectivity index (χ1v) is 9.22. The van der Waals surface area contributed by atoms with Gasteiger partial charge in [0, 0.05) is 16.6 Å². The van der Waals surface area contributed by atoms with Gasteiger partial charge in [0.1, 0.15) is 9.88 Å². The van der Waals surface area contributed by atoms with E-state index in [4.69, 9.17) is 16.3 Å². The summed E-state index contributed by atoms with van der Waals surface area (Å²) in [5.74, 6) is 0.419. The van der Waals surface area contributed by atoms with Gasteiger partial charge in [0.25, 0.3) is 0 Å². The number of ether oxygens (including phenoxy) is 1. The zero-order chi connectivity index (χ0) is 16.7. The molecule has 2 heterocycles. The van der Waals surface area contributed by atoms with Crippen LogP contribution in [0.4, 0.5) is 5.69 Å². The lowest BCUT2D eigenvalue weighted by Crippen LogP contribution is -2.28. The quantitative estimate of drug-likeness (QED) is 0.631. The molecule has 0 saturated carbocycles. The summed E-state index contributed by atoms with van der Waals surface area (Å²) in [5, 5.41) is 5.28. The van der Waals surface area contributed by atoms with Gasteiger partial charge in [0.2, 0.25) is 0 Å². The average Bonchev–Trinajstić information content (AvgIpc) is 3.24. The molecule has 1 aromatic heterocycles. The highest BCUT2D eigenvalue weighted by atomic mass is 35.5. The van der Waals surface area contributed by atoms with E-state index in [1.165, 1.54) is 16.9 Å². The van der Waals surface area contributed by atoms with Crippen molar-refractivity contribution in [3.63, 3.8) is 0 Å². The molecule has 4 rings (SSSR count). The SMILES string of the molecule is CCOC(=O)c1cnc([C@@H]2Nc3ccc(Cl)cc3[C@@H]3C=CC[C@@H]32)s1. The summed E-state index contributed by atoms with van der Waals surface area (Å²) in [6, 6.07) is 6.05. The van der Waals surface area contributed by atoms with Crippen molar-refractivity contribution in [3.8, 4) is 0 Å². The van der Waals surface area contributed by atoms with E-state index in [1.807, 2.05) is 18.2 Å². The molecule has 4 nitrogen and oxygen atoms in total. The molecular formula is C18H17ClN2O2S. The van der Waals surface area contributed by atoms with Crippen LogP contribution in [-0.2, 0) is 4.74 Å². The van der Waals surface area contributed by atoms with Crippen LogP contribution in [0.1, 0.15) is 45.5 Å². The van der Waals surface area contributed by atoms with Crippen molar-refractivity contribution in [3.05, 3.63) is 57.0 Å². The molecule has 1 N–H and O–H groups in total. The zero-order valence-electron chi connectivity index (χ0n) is 13.2. The van der Waals surface area contributed by atoms with Gasteiger partial charge in [0.15, 0.2) is 0 Å². The van der Waals surface area contributed by atoms with Crippen LogP contribution in [-0.4, -0.2) is 17.6 Å². The van der Waals surface area contributed by atoms with Crippen molar-refractivity contribution in [2.24, 2.45) is 5.92 Å². The van der Waals surface area contributed by atoms with Crippen LogP contribution in [0.3, 0.4) is 0 Å². The molecule has 0 saturated heterocycles. The minimum atomic E-state index is -0.301. The Morgan fingerprint density at radius 1 is 1.50 bits per heavy atom. The van der Waals surface area contributed by atoms with Crippen molar-refractivity contribution in [1.29, 1.82) is 0 Å². The summed E-state index contributed by atoms with van der Waals surface area (Å²) in [6.07, 6.45) is 7.09. The van der Waals surface area contributed by atoms with Crippen molar-refractivity contribution in [1.82, 2.24) is 4.98 Å². The Hall–Kier alpha value is -1.85. The van der Waals surface area contributed by atoms with E-state index in [1.54, 1.807) is 13.1 Å². The summed E-state index contributed by atoms with van der Waals surface area (Å²) in [6.45, 7) is 2.18. The number of nitrogens with zero attached hydrogens (tertiary/aromatic N) is 1. The molecule has 0 bridgehead atoms. The maximum atomic E-state index is 11.9. The molecule has 3 atom stereocenters. The molecule has 0 unspecified atom stereocenters. The lowest BCUT2D eigenvalue weighted by atomic mass is 9.79. The van der Waals surface area contributed by atoms with Gasteiger partial charge in [-0.25, -0.2) is 9.78 Å². The van der Waals surface area contributed by atoms with Crippen molar-refractivity contribution < 1.29 is 9.53 Å². The number of carbonyl (C=O) groups excluding carboxylic acids is 1. The van der Waals surface area contributed by atoms with E-state index in [0.717, 1.165) is 22.1 Å². The fourth-order valence-electron chi connectivity index (χ4n) is 3.54. The fourth-order valence-corrected chi connectivity index (χ4v) is 4.66. The fraction of sp³-hybridized carbons (Fsp3) is 0.333. The Labute approximate surface area is 149 Å². The Bertz CT molecular complexity index is 817. The molecule has 0 radical (unpaired) electrons. The van der Waals surface area contributed by atoms with Crippen LogP contribution < -0.4 is 5.32 Å². The summed E-state index contributed by atoms with van der Waals surface area (Å²) >= 11 is 7.59. The highest BCUT2D eigenvalue weighted by Gasteiger charge is 2.39. The van der Waals surface area contributed by atoms with Gasteiger partial charge in [-0.2, -0.15) is 0 Å². The largest absolute Gasteiger partial charge is 0.462 e. The number of esters is 1. The number of fused-ring (bicyclic) bond motifs is 3. The monoisotopic (exact) mass is 360 g/mol. The van der Waals surface area contributed by atoms with Crippen LogP contribution in [0.15, 0.2) is 36.5 Å². The van der Waals surface area contributed by atoms with Gasteiger partial charge in [-0.3, -0.25) is 0 Å². The summed E-state index contributed by atoms with van der Waals surface area (Å²) in [7, 11) is 0. The standard InChI is InChI=1S/C18H17ClN2O2S/c1-2-23-18(22)15-9-20-17(24-15)16-12-5-3-4-11(12)13-8-10(19)6-7-14(13)21-16/h3-4,6-9,11-12,16,21H,2,5H2,1H3/t11-,12+,16-/m1/s1. The molecule has 24 heavy (non-hydrogen) atoms. The molecule has 0 fully saturated rings. The Morgan fingerprint density at radius 3 is 3.21 bits per heavy atom. The molecule has 1 aliphatic carbocycles. The van der Waals surface area contributed by atoms with Gasteiger partial charge in [-0.1, -0.05) is 23.8 Å². The number of anilines is 1. The van der Waals surface area contributed by atoms with Gasteiger partial charge >= 0.3 is 5.97 Å². The number of rotatable bonds is 3. The third-order valence-corrected chi connectivity index (χ3v) is 5.89. The second-order valence-corrected chi connectivity index (χ2v) is 7.49. The topological polar surface area (TPSA) is 51.2 Å². The first-order chi connectivity index (χ1) is 11.7. The molecule has 0 amide bonds. The third kappa shape index (κ3) is 2.62. The minimum absolute atomic E-state index is 0.0897. The Balaban J connectivity index is 1.67. The van der Waals surface area contributed by atoms with E-state index in [2.05, 4.69) is 22.5 Å². The normalized spacial score (nSPS) is 24.2.